The minimum atomic E-state index is -1.03. The van der Waals surface area contributed by atoms with E-state index in [1.165, 1.54) is 19.2 Å². The van der Waals surface area contributed by atoms with Crippen molar-refractivity contribution in [3.05, 3.63) is 59.9 Å². The van der Waals surface area contributed by atoms with Crippen molar-refractivity contribution >= 4 is 5.69 Å². The first kappa shape index (κ1) is 14.3. The Morgan fingerprint density at radius 2 is 1.90 bits per heavy atom. The molecule has 3 nitrogen and oxygen atoms in total. The van der Waals surface area contributed by atoms with Gasteiger partial charge in [-0.3, -0.25) is 0 Å². The SMILES string of the molecule is COc1cc(F)ccc1NCC(C)(O)c1ccccc1. The second-order valence-corrected chi connectivity index (χ2v) is 4.84. The summed E-state index contributed by atoms with van der Waals surface area (Å²) in [5, 5.41) is 13.6. The van der Waals surface area contributed by atoms with Crippen LogP contribution in [0.3, 0.4) is 0 Å². The number of hydrogen-bond acceptors (Lipinski definition) is 3. The lowest BCUT2D eigenvalue weighted by atomic mass is 9.96. The Labute approximate surface area is 118 Å². The number of hydrogen-bond donors (Lipinski definition) is 2. The number of benzene rings is 2. The molecule has 0 saturated carbocycles. The summed E-state index contributed by atoms with van der Waals surface area (Å²) in [6.07, 6.45) is 0. The van der Waals surface area contributed by atoms with E-state index in [4.69, 9.17) is 4.74 Å². The van der Waals surface area contributed by atoms with Crippen LogP contribution in [0.25, 0.3) is 0 Å². The van der Waals surface area contributed by atoms with Gasteiger partial charge in [-0.2, -0.15) is 0 Å². The van der Waals surface area contributed by atoms with Gasteiger partial charge < -0.3 is 15.2 Å². The zero-order valence-electron chi connectivity index (χ0n) is 11.6. The van der Waals surface area contributed by atoms with Crippen molar-refractivity contribution in [3.63, 3.8) is 0 Å². The smallest absolute Gasteiger partial charge is 0.144 e. The molecule has 2 N–H and O–H groups in total. The molecule has 2 rings (SSSR count). The molecule has 0 fully saturated rings. The molecule has 0 bridgehead atoms. The summed E-state index contributed by atoms with van der Waals surface area (Å²) in [6.45, 7) is 2.02. The molecule has 0 saturated heterocycles. The number of nitrogens with one attached hydrogen (secondary N) is 1. The Kier molecular flexibility index (Phi) is 4.25. The van der Waals surface area contributed by atoms with Gasteiger partial charge in [0.2, 0.25) is 0 Å². The Morgan fingerprint density at radius 3 is 2.55 bits per heavy atom. The van der Waals surface area contributed by atoms with Crippen LogP contribution < -0.4 is 10.1 Å². The molecule has 106 valence electrons. The molecule has 0 aliphatic heterocycles. The molecule has 0 radical (unpaired) electrons. The van der Waals surface area contributed by atoms with Crippen LogP contribution in [-0.2, 0) is 5.60 Å². The van der Waals surface area contributed by atoms with E-state index in [9.17, 15) is 9.50 Å². The van der Waals surface area contributed by atoms with Crippen LogP contribution in [-0.4, -0.2) is 18.8 Å². The van der Waals surface area contributed by atoms with E-state index in [0.717, 1.165) is 5.56 Å². The van der Waals surface area contributed by atoms with Crippen molar-refractivity contribution in [3.8, 4) is 5.75 Å². The molecule has 0 spiro atoms. The van der Waals surface area contributed by atoms with Gasteiger partial charge in [0.1, 0.15) is 17.2 Å². The number of ether oxygens (including phenoxy) is 1. The van der Waals surface area contributed by atoms with Crippen LogP contribution >= 0.6 is 0 Å². The average Bonchev–Trinajstić information content (AvgIpc) is 2.46. The van der Waals surface area contributed by atoms with Crippen molar-refractivity contribution in [2.45, 2.75) is 12.5 Å². The van der Waals surface area contributed by atoms with Gasteiger partial charge in [-0.1, -0.05) is 30.3 Å². The van der Waals surface area contributed by atoms with Gasteiger partial charge in [-0.25, -0.2) is 4.39 Å². The van der Waals surface area contributed by atoms with Crippen LogP contribution in [0.15, 0.2) is 48.5 Å². The van der Waals surface area contributed by atoms with E-state index in [1.54, 1.807) is 13.0 Å². The van der Waals surface area contributed by atoms with E-state index >= 15 is 0 Å². The fourth-order valence-corrected chi connectivity index (χ4v) is 1.98. The fraction of sp³-hybridized carbons (Fsp3) is 0.250. The van der Waals surface area contributed by atoms with Gasteiger partial charge in [0.15, 0.2) is 0 Å². The van der Waals surface area contributed by atoms with E-state index in [2.05, 4.69) is 5.32 Å². The third-order valence-corrected chi connectivity index (χ3v) is 3.18. The van der Waals surface area contributed by atoms with Crippen LogP contribution in [0.2, 0.25) is 0 Å². The van der Waals surface area contributed by atoms with Gasteiger partial charge >= 0.3 is 0 Å². The van der Waals surface area contributed by atoms with Crippen LogP contribution in [0.4, 0.5) is 10.1 Å². The monoisotopic (exact) mass is 275 g/mol. The minimum Gasteiger partial charge on any atom is -0.494 e. The predicted molar refractivity (Wildman–Crippen MR) is 77.5 cm³/mol. The molecule has 2 aromatic rings. The van der Waals surface area contributed by atoms with E-state index in [1.807, 2.05) is 30.3 Å². The summed E-state index contributed by atoms with van der Waals surface area (Å²) in [5.74, 6) is 0.0519. The quantitative estimate of drug-likeness (QED) is 0.880. The molecule has 2 aromatic carbocycles. The first-order valence-corrected chi connectivity index (χ1v) is 6.38. The number of methoxy groups -OCH3 is 1. The van der Waals surface area contributed by atoms with Crippen LogP contribution in [0, 0.1) is 5.82 Å². The first-order chi connectivity index (χ1) is 9.53. The van der Waals surface area contributed by atoms with Crippen molar-refractivity contribution in [1.29, 1.82) is 0 Å². The molecule has 0 heterocycles. The third-order valence-electron chi connectivity index (χ3n) is 3.18. The van der Waals surface area contributed by atoms with Crippen molar-refractivity contribution < 1.29 is 14.2 Å². The highest BCUT2D eigenvalue weighted by molar-refractivity contribution is 5.56. The Bertz CT molecular complexity index is 570. The van der Waals surface area contributed by atoms with Crippen molar-refractivity contribution in [2.75, 3.05) is 19.0 Å². The molecule has 0 amide bonds. The Hall–Kier alpha value is -2.07. The lowest BCUT2D eigenvalue weighted by molar-refractivity contribution is 0.0715. The molecule has 1 atom stereocenters. The Morgan fingerprint density at radius 1 is 1.20 bits per heavy atom. The topological polar surface area (TPSA) is 41.5 Å². The highest BCUT2D eigenvalue weighted by Gasteiger charge is 2.22. The predicted octanol–water partition coefficient (Wildman–Crippen LogP) is 3.15. The summed E-state index contributed by atoms with van der Waals surface area (Å²) in [7, 11) is 1.48. The number of aliphatic hydroxyl groups is 1. The maximum atomic E-state index is 13.1. The van der Waals surface area contributed by atoms with E-state index in [0.29, 0.717) is 18.0 Å². The lowest BCUT2D eigenvalue weighted by Crippen LogP contribution is -2.30. The van der Waals surface area contributed by atoms with Crippen molar-refractivity contribution in [2.24, 2.45) is 0 Å². The highest BCUT2D eigenvalue weighted by atomic mass is 19.1. The van der Waals surface area contributed by atoms with Gasteiger partial charge in [0.05, 0.1) is 12.8 Å². The molecular formula is C16H18FNO2. The summed E-state index contributed by atoms with van der Waals surface area (Å²) in [6, 6.07) is 13.6. The summed E-state index contributed by atoms with van der Waals surface area (Å²) >= 11 is 0. The first-order valence-electron chi connectivity index (χ1n) is 6.38. The highest BCUT2D eigenvalue weighted by Crippen LogP contribution is 2.27. The largest absolute Gasteiger partial charge is 0.494 e. The van der Waals surface area contributed by atoms with Crippen LogP contribution in [0.5, 0.6) is 5.75 Å². The normalized spacial score (nSPS) is 13.6. The number of halogens is 1. The van der Waals surface area contributed by atoms with Gasteiger partial charge in [-0.05, 0) is 24.6 Å². The minimum absolute atomic E-state index is 0.291. The standard InChI is InChI=1S/C16H18FNO2/c1-16(19,12-6-4-3-5-7-12)11-18-14-9-8-13(17)10-15(14)20-2/h3-10,18-19H,11H2,1-2H3. The lowest BCUT2D eigenvalue weighted by Gasteiger charge is -2.25. The van der Waals surface area contributed by atoms with Gasteiger partial charge in [0, 0.05) is 12.6 Å². The number of rotatable bonds is 5. The third kappa shape index (κ3) is 3.27. The summed E-state index contributed by atoms with van der Waals surface area (Å²) in [5.41, 5.74) is 0.430. The maximum absolute atomic E-state index is 13.1. The average molecular weight is 275 g/mol. The Balaban J connectivity index is 2.12. The zero-order valence-corrected chi connectivity index (χ0v) is 11.6. The second kappa shape index (κ2) is 5.92. The maximum Gasteiger partial charge on any atom is 0.144 e. The molecule has 0 aliphatic rings. The van der Waals surface area contributed by atoms with Crippen molar-refractivity contribution in [1.82, 2.24) is 0 Å². The fourth-order valence-electron chi connectivity index (χ4n) is 1.98. The second-order valence-electron chi connectivity index (χ2n) is 4.84. The van der Waals surface area contributed by atoms with Gasteiger partial charge in [0.25, 0.3) is 0 Å². The molecule has 1 unspecified atom stereocenters. The van der Waals surface area contributed by atoms with E-state index < -0.39 is 5.60 Å². The number of anilines is 1. The molecule has 20 heavy (non-hydrogen) atoms. The zero-order chi connectivity index (χ0) is 14.6. The molecule has 0 aromatic heterocycles. The molecule has 0 aliphatic carbocycles. The summed E-state index contributed by atoms with van der Waals surface area (Å²) < 4.78 is 18.2. The molecular weight excluding hydrogens is 257 g/mol. The molecule has 4 heteroatoms. The van der Waals surface area contributed by atoms with Crippen LogP contribution in [0.1, 0.15) is 12.5 Å². The van der Waals surface area contributed by atoms with Gasteiger partial charge in [-0.15, -0.1) is 0 Å². The summed E-state index contributed by atoms with van der Waals surface area (Å²) in [4.78, 5) is 0. The van der Waals surface area contributed by atoms with E-state index in [-0.39, 0.29) is 5.82 Å².